The Labute approximate surface area is 125 Å². The molecule has 1 amide bonds. The number of amides is 1. The Hall–Kier alpha value is -1.46. The Morgan fingerprint density at radius 2 is 2.00 bits per heavy atom. The van der Waals surface area contributed by atoms with Crippen LogP contribution in [0.15, 0.2) is 18.2 Å². The molecule has 0 aromatic heterocycles. The van der Waals surface area contributed by atoms with Gasteiger partial charge in [0.1, 0.15) is 0 Å². The van der Waals surface area contributed by atoms with Crippen LogP contribution in [0, 0.1) is 5.92 Å². The first-order chi connectivity index (χ1) is 9.22. The molecule has 0 radical (unpaired) electrons. The Bertz CT molecular complexity index is 450. The molecule has 0 aliphatic carbocycles. The standard InChI is InChI=1S/C14H20N2O3.ClH/c1-18-12-4-3-10(5-13(12)19-2)6-14(17)16-9-11-7-15-8-11;/h3-5,11,15H,6-9H2,1-2H3,(H,16,17);1H. The minimum absolute atomic E-state index is 0. The topological polar surface area (TPSA) is 59.6 Å². The predicted molar refractivity (Wildman–Crippen MR) is 79.9 cm³/mol. The third-order valence-electron chi connectivity index (χ3n) is 3.27. The van der Waals surface area contributed by atoms with Gasteiger partial charge in [0.15, 0.2) is 11.5 Å². The summed E-state index contributed by atoms with van der Waals surface area (Å²) < 4.78 is 10.4. The van der Waals surface area contributed by atoms with E-state index < -0.39 is 0 Å². The van der Waals surface area contributed by atoms with Crippen molar-refractivity contribution >= 4 is 18.3 Å². The van der Waals surface area contributed by atoms with Crippen LogP contribution in [0.1, 0.15) is 5.56 Å². The molecular formula is C14H21ClN2O3. The molecular weight excluding hydrogens is 280 g/mol. The molecule has 0 saturated carbocycles. The van der Waals surface area contributed by atoms with E-state index in [2.05, 4.69) is 10.6 Å². The molecule has 0 spiro atoms. The lowest BCUT2D eigenvalue weighted by atomic mass is 10.0. The highest BCUT2D eigenvalue weighted by Gasteiger charge is 2.17. The van der Waals surface area contributed by atoms with Crippen LogP contribution >= 0.6 is 12.4 Å². The molecule has 6 heteroatoms. The molecule has 2 N–H and O–H groups in total. The quantitative estimate of drug-likeness (QED) is 0.823. The molecule has 112 valence electrons. The minimum Gasteiger partial charge on any atom is -0.493 e. The van der Waals surface area contributed by atoms with Crippen molar-refractivity contribution in [2.45, 2.75) is 6.42 Å². The summed E-state index contributed by atoms with van der Waals surface area (Å²) in [5.74, 6) is 1.94. The number of ether oxygens (including phenoxy) is 2. The number of benzene rings is 1. The van der Waals surface area contributed by atoms with Crippen molar-refractivity contribution < 1.29 is 14.3 Å². The summed E-state index contributed by atoms with van der Waals surface area (Å²) in [6, 6.07) is 5.53. The number of halogens is 1. The van der Waals surface area contributed by atoms with Gasteiger partial charge in [0.25, 0.3) is 0 Å². The Balaban J connectivity index is 0.00000200. The highest BCUT2D eigenvalue weighted by molar-refractivity contribution is 5.85. The van der Waals surface area contributed by atoms with Crippen molar-refractivity contribution in [2.75, 3.05) is 33.9 Å². The number of rotatable bonds is 6. The molecule has 1 heterocycles. The lowest BCUT2D eigenvalue weighted by Crippen LogP contribution is -2.48. The zero-order valence-electron chi connectivity index (χ0n) is 11.8. The fourth-order valence-electron chi connectivity index (χ4n) is 1.99. The lowest BCUT2D eigenvalue weighted by Gasteiger charge is -2.27. The second-order valence-electron chi connectivity index (χ2n) is 4.69. The molecule has 0 atom stereocenters. The van der Waals surface area contributed by atoms with Gasteiger partial charge in [-0.05, 0) is 17.7 Å². The summed E-state index contributed by atoms with van der Waals surface area (Å²) in [5, 5.41) is 6.13. The third kappa shape index (κ3) is 4.28. The van der Waals surface area contributed by atoms with Gasteiger partial charge in [-0.1, -0.05) is 6.07 Å². The number of carbonyl (C=O) groups is 1. The number of hydrogen-bond donors (Lipinski definition) is 2. The number of carbonyl (C=O) groups excluding carboxylic acids is 1. The summed E-state index contributed by atoms with van der Waals surface area (Å²) in [5.41, 5.74) is 0.918. The maximum atomic E-state index is 11.8. The first-order valence-corrected chi connectivity index (χ1v) is 6.41. The molecule has 1 aliphatic rings. The van der Waals surface area contributed by atoms with Gasteiger partial charge in [-0.3, -0.25) is 4.79 Å². The number of hydrogen-bond acceptors (Lipinski definition) is 4. The van der Waals surface area contributed by atoms with Gasteiger partial charge in [0, 0.05) is 25.6 Å². The Morgan fingerprint density at radius 3 is 2.55 bits per heavy atom. The van der Waals surface area contributed by atoms with Crippen LogP contribution < -0.4 is 20.1 Å². The molecule has 0 bridgehead atoms. The summed E-state index contributed by atoms with van der Waals surface area (Å²) in [7, 11) is 3.18. The molecule has 20 heavy (non-hydrogen) atoms. The van der Waals surface area contributed by atoms with E-state index in [1.807, 2.05) is 18.2 Å². The van der Waals surface area contributed by atoms with E-state index in [9.17, 15) is 4.79 Å². The first-order valence-electron chi connectivity index (χ1n) is 6.41. The number of nitrogens with one attached hydrogen (secondary N) is 2. The van der Waals surface area contributed by atoms with Crippen molar-refractivity contribution in [1.82, 2.24) is 10.6 Å². The average molecular weight is 301 g/mol. The maximum Gasteiger partial charge on any atom is 0.224 e. The van der Waals surface area contributed by atoms with Crippen LogP contribution in [-0.4, -0.2) is 39.8 Å². The van der Waals surface area contributed by atoms with Gasteiger partial charge in [0.05, 0.1) is 20.6 Å². The van der Waals surface area contributed by atoms with Crippen LogP contribution in [0.3, 0.4) is 0 Å². The summed E-state index contributed by atoms with van der Waals surface area (Å²) in [6.45, 7) is 2.74. The first kappa shape index (κ1) is 16.6. The van der Waals surface area contributed by atoms with E-state index in [1.165, 1.54) is 0 Å². The zero-order valence-corrected chi connectivity index (χ0v) is 12.6. The van der Waals surface area contributed by atoms with Crippen LogP contribution in [0.4, 0.5) is 0 Å². The highest BCUT2D eigenvalue weighted by atomic mass is 35.5. The van der Waals surface area contributed by atoms with Crippen molar-refractivity contribution in [3.05, 3.63) is 23.8 Å². The second kappa shape index (κ2) is 7.97. The SMILES string of the molecule is COc1ccc(CC(=O)NCC2CNC2)cc1OC.Cl. The second-order valence-corrected chi connectivity index (χ2v) is 4.69. The van der Waals surface area contributed by atoms with Crippen LogP contribution in [0.25, 0.3) is 0 Å². The monoisotopic (exact) mass is 300 g/mol. The highest BCUT2D eigenvalue weighted by Crippen LogP contribution is 2.27. The molecule has 5 nitrogen and oxygen atoms in total. The fraction of sp³-hybridized carbons (Fsp3) is 0.500. The molecule has 2 rings (SSSR count). The van der Waals surface area contributed by atoms with Gasteiger partial charge < -0.3 is 20.1 Å². The van der Waals surface area contributed by atoms with Gasteiger partial charge in [0.2, 0.25) is 5.91 Å². The fourth-order valence-corrected chi connectivity index (χ4v) is 1.99. The Kier molecular flexibility index (Phi) is 6.61. The van der Waals surface area contributed by atoms with Gasteiger partial charge in [-0.2, -0.15) is 0 Å². The van der Waals surface area contributed by atoms with Crippen LogP contribution in [-0.2, 0) is 11.2 Å². The van der Waals surface area contributed by atoms with Crippen LogP contribution in [0.5, 0.6) is 11.5 Å². The largest absolute Gasteiger partial charge is 0.493 e. The predicted octanol–water partition coefficient (Wildman–Crippen LogP) is 1.00. The molecule has 1 fully saturated rings. The zero-order chi connectivity index (χ0) is 13.7. The minimum atomic E-state index is 0. The Morgan fingerprint density at radius 1 is 1.30 bits per heavy atom. The summed E-state index contributed by atoms with van der Waals surface area (Å²) in [4.78, 5) is 11.8. The summed E-state index contributed by atoms with van der Waals surface area (Å²) >= 11 is 0. The van der Waals surface area contributed by atoms with E-state index in [4.69, 9.17) is 9.47 Å². The molecule has 1 aromatic rings. The van der Waals surface area contributed by atoms with E-state index in [0.29, 0.717) is 23.8 Å². The van der Waals surface area contributed by atoms with Crippen molar-refractivity contribution in [3.8, 4) is 11.5 Å². The van der Waals surface area contributed by atoms with Crippen molar-refractivity contribution in [2.24, 2.45) is 5.92 Å². The lowest BCUT2D eigenvalue weighted by molar-refractivity contribution is -0.120. The smallest absolute Gasteiger partial charge is 0.224 e. The average Bonchev–Trinajstić information content (AvgIpc) is 2.36. The van der Waals surface area contributed by atoms with E-state index in [1.54, 1.807) is 14.2 Å². The van der Waals surface area contributed by atoms with E-state index in [0.717, 1.165) is 25.2 Å². The van der Waals surface area contributed by atoms with Gasteiger partial charge in [-0.15, -0.1) is 12.4 Å². The molecule has 0 unspecified atom stereocenters. The summed E-state index contributed by atoms with van der Waals surface area (Å²) in [6.07, 6.45) is 0.362. The molecule has 1 aliphatic heterocycles. The van der Waals surface area contributed by atoms with Crippen molar-refractivity contribution in [3.63, 3.8) is 0 Å². The third-order valence-corrected chi connectivity index (χ3v) is 3.27. The normalized spacial score (nSPS) is 13.9. The van der Waals surface area contributed by atoms with Crippen LogP contribution in [0.2, 0.25) is 0 Å². The van der Waals surface area contributed by atoms with Gasteiger partial charge >= 0.3 is 0 Å². The molecule has 1 aromatic carbocycles. The molecule has 1 saturated heterocycles. The van der Waals surface area contributed by atoms with E-state index in [-0.39, 0.29) is 18.3 Å². The van der Waals surface area contributed by atoms with Crippen molar-refractivity contribution in [1.29, 1.82) is 0 Å². The maximum absolute atomic E-state index is 11.8. The van der Waals surface area contributed by atoms with Gasteiger partial charge in [-0.25, -0.2) is 0 Å². The number of methoxy groups -OCH3 is 2. The van der Waals surface area contributed by atoms with E-state index >= 15 is 0 Å².